The van der Waals surface area contributed by atoms with Crippen LogP contribution in [0.2, 0.25) is 0 Å². The van der Waals surface area contributed by atoms with Crippen molar-refractivity contribution in [3.63, 3.8) is 0 Å². The molecule has 1 aliphatic heterocycles. The summed E-state index contributed by atoms with van der Waals surface area (Å²) in [7, 11) is -1.74. The van der Waals surface area contributed by atoms with Crippen LogP contribution in [0, 0.1) is 0 Å². The SMILES string of the molecule is CC(C)NS(=O)(=O)c1ccc(C(=O)N(C)C2CCNC2)cc1.Cl. The molecular formula is C15H24ClN3O3S. The van der Waals surface area contributed by atoms with E-state index in [0.29, 0.717) is 5.56 Å². The summed E-state index contributed by atoms with van der Waals surface area (Å²) in [5, 5.41) is 3.23. The Bertz CT molecular complexity index is 626. The molecule has 0 radical (unpaired) electrons. The van der Waals surface area contributed by atoms with E-state index in [1.165, 1.54) is 12.1 Å². The summed E-state index contributed by atoms with van der Waals surface area (Å²) >= 11 is 0. The van der Waals surface area contributed by atoms with Gasteiger partial charge in [0.1, 0.15) is 0 Å². The van der Waals surface area contributed by atoms with Gasteiger partial charge in [-0.15, -0.1) is 12.4 Å². The maximum absolute atomic E-state index is 12.4. The highest BCUT2D eigenvalue weighted by Gasteiger charge is 2.24. The van der Waals surface area contributed by atoms with Crippen LogP contribution >= 0.6 is 12.4 Å². The van der Waals surface area contributed by atoms with Crippen LogP contribution < -0.4 is 10.0 Å². The van der Waals surface area contributed by atoms with Crippen LogP contribution in [0.3, 0.4) is 0 Å². The van der Waals surface area contributed by atoms with Gasteiger partial charge in [-0.1, -0.05) is 0 Å². The normalized spacial score (nSPS) is 17.8. The van der Waals surface area contributed by atoms with Crippen LogP contribution in [-0.2, 0) is 10.0 Å². The van der Waals surface area contributed by atoms with Crippen molar-refractivity contribution in [1.29, 1.82) is 0 Å². The minimum absolute atomic E-state index is 0. The minimum Gasteiger partial charge on any atom is -0.337 e. The average Bonchev–Trinajstić information content (AvgIpc) is 2.98. The number of rotatable bonds is 5. The number of hydrogen-bond donors (Lipinski definition) is 2. The van der Waals surface area contributed by atoms with E-state index in [1.54, 1.807) is 37.9 Å². The molecule has 0 spiro atoms. The Labute approximate surface area is 144 Å². The number of nitrogens with one attached hydrogen (secondary N) is 2. The Hall–Kier alpha value is -1.15. The average molecular weight is 362 g/mol. The quantitative estimate of drug-likeness (QED) is 0.826. The predicted octanol–water partition coefficient (Wildman–Crippen LogP) is 1.23. The molecule has 2 rings (SSSR count). The Morgan fingerprint density at radius 3 is 2.39 bits per heavy atom. The molecular weight excluding hydrogens is 338 g/mol. The van der Waals surface area contributed by atoms with Crippen molar-refractivity contribution in [2.45, 2.75) is 37.2 Å². The molecule has 1 fully saturated rings. The topological polar surface area (TPSA) is 78.5 Å². The van der Waals surface area contributed by atoms with E-state index in [0.717, 1.165) is 19.5 Å². The highest BCUT2D eigenvalue weighted by molar-refractivity contribution is 7.89. The number of sulfonamides is 1. The van der Waals surface area contributed by atoms with Gasteiger partial charge in [0.25, 0.3) is 5.91 Å². The van der Waals surface area contributed by atoms with Gasteiger partial charge in [-0.3, -0.25) is 4.79 Å². The van der Waals surface area contributed by atoms with Crippen molar-refractivity contribution in [2.24, 2.45) is 0 Å². The van der Waals surface area contributed by atoms with Gasteiger partial charge in [-0.05, 0) is 51.1 Å². The Kier molecular flexibility index (Phi) is 7.01. The zero-order valence-corrected chi connectivity index (χ0v) is 15.2. The smallest absolute Gasteiger partial charge is 0.253 e. The third-order valence-electron chi connectivity index (χ3n) is 3.70. The molecule has 1 aliphatic rings. The lowest BCUT2D eigenvalue weighted by Gasteiger charge is -2.23. The van der Waals surface area contributed by atoms with Crippen molar-refractivity contribution in [3.05, 3.63) is 29.8 Å². The maximum atomic E-state index is 12.4. The first-order valence-corrected chi connectivity index (χ1v) is 8.90. The molecule has 130 valence electrons. The van der Waals surface area contributed by atoms with Crippen molar-refractivity contribution < 1.29 is 13.2 Å². The predicted molar refractivity (Wildman–Crippen MR) is 92.5 cm³/mol. The summed E-state index contributed by atoms with van der Waals surface area (Å²) in [6.07, 6.45) is 0.938. The highest BCUT2D eigenvalue weighted by atomic mass is 35.5. The summed E-state index contributed by atoms with van der Waals surface area (Å²) in [5.74, 6) is -0.0885. The van der Waals surface area contributed by atoms with E-state index in [1.807, 2.05) is 0 Å². The molecule has 2 N–H and O–H groups in total. The van der Waals surface area contributed by atoms with E-state index in [4.69, 9.17) is 0 Å². The van der Waals surface area contributed by atoms with Gasteiger partial charge in [0.2, 0.25) is 10.0 Å². The molecule has 1 saturated heterocycles. The number of amides is 1. The number of carbonyl (C=O) groups excluding carboxylic acids is 1. The fraction of sp³-hybridized carbons (Fsp3) is 0.533. The van der Waals surface area contributed by atoms with Crippen molar-refractivity contribution in [1.82, 2.24) is 14.9 Å². The molecule has 1 aromatic rings. The monoisotopic (exact) mass is 361 g/mol. The summed E-state index contributed by atoms with van der Waals surface area (Å²) in [6, 6.07) is 6.09. The maximum Gasteiger partial charge on any atom is 0.253 e. The minimum atomic E-state index is -3.52. The second-order valence-electron chi connectivity index (χ2n) is 5.86. The summed E-state index contributed by atoms with van der Waals surface area (Å²) in [6.45, 7) is 5.24. The molecule has 6 nitrogen and oxygen atoms in total. The lowest BCUT2D eigenvalue weighted by molar-refractivity contribution is 0.0743. The van der Waals surface area contributed by atoms with Crippen LogP contribution in [0.25, 0.3) is 0 Å². The molecule has 1 amide bonds. The van der Waals surface area contributed by atoms with Gasteiger partial charge in [0.15, 0.2) is 0 Å². The molecule has 0 aliphatic carbocycles. The fourth-order valence-electron chi connectivity index (χ4n) is 2.49. The first kappa shape index (κ1) is 19.9. The van der Waals surface area contributed by atoms with E-state index in [2.05, 4.69) is 10.0 Å². The highest BCUT2D eigenvalue weighted by Crippen LogP contribution is 2.15. The first-order chi connectivity index (χ1) is 10.3. The van der Waals surface area contributed by atoms with E-state index >= 15 is 0 Å². The molecule has 23 heavy (non-hydrogen) atoms. The van der Waals surface area contributed by atoms with Gasteiger partial charge in [-0.2, -0.15) is 0 Å². The lowest BCUT2D eigenvalue weighted by Crippen LogP contribution is -2.38. The zero-order chi connectivity index (χ0) is 16.3. The summed E-state index contributed by atoms with van der Waals surface area (Å²) in [5.41, 5.74) is 0.498. The number of hydrogen-bond acceptors (Lipinski definition) is 4. The summed E-state index contributed by atoms with van der Waals surface area (Å²) in [4.78, 5) is 14.3. The third kappa shape index (κ3) is 4.91. The third-order valence-corrected chi connectivity index (χ3v) is 5.38. The molecule has 0 aromatic heterocycles. The lowest BCUT2D eigenvalue weighted by atomic mass is 10.1. The molecule has 1 unspecified atom stereocenters. The van der Waals surface area contributed by atoms with Crippen LogP contribution in [0.1, 0.15) is 30.6 Å². The second-order valence-corrected chi connectivity index (χ2v) is 7.58. The van der Waals surface area contributed by atoms with Crippen LogP contribution in [0.15, 0.2) is 29.2 Å². The van der Waals surface area contributed by atoms with Crippen molar-refractivity contribution in [3.8, 4) is 0 Å². The molecule has 8 heteroatoms. The van der Waals surface area contributed by atoms with E-state index < -0.39 is 10.0 Å². The van der Waals surface area contributed by atoms with E-state index in [-0.39, 0.29) is 35.3 Å². The Balaban J connectivity index is 0.00000264. The van der Waals surface area contributed by atoms with Gasteiger partial charge < -0.3 is 10.2 Å². The number of nitrogens with zero attached hydrogens (tertiary/aromatic N) is 1. The number of benzene rings is 1. The molecule has 1 atom stereocenters. The number of carbonyl (C=O) groups is 1. The molecule has 0 bridgehead atoms. The summed E-state index contributed by atoms with van der Waals surface area (Å²) < 4.78 is 26.6. The van der Waals surface area contributed by atoms with Crippen molar-refractivity contribution in [2.75, 3.05) is 20.1 Å². The van der Waals surface area contributed by atoms with Gasteiger partial charge >= 0.3 is 0 Å². The van der Waals surface area contributed by atoms with Crippen LogP contribution in [0.5, 0.6) is 0 Å². The number of halogens is 1. The molecule has 0 saturated carbocycles. The van der Waals surface area contributed by atoms with E-state index in [9.17, 15) is 13.2 Å². The molecule has 1 aromatic carbocycles. The fourth-order valence-corrected chi connectivity index (χ4v) is 3.75. The Morgan fingerprint density at radius 2 is 1.91 bits per heavy atom. The Morgan fingerprint density at radius 1 is 1.30 bits per heavy atom. The van der Waals surface area contributed by atoms with Gasteiger partial charge in [0.05, 0.1) is 4.90 Å². The largest absolute Gasteiger partial charge is 0.337 e. The van der Waals surface area contributed by atoms with Crippen molar-refractivity contribution >= 4 is 28.3 Å². The number of likely N-dealkylation sites (N-methyl/N-ethyl adjacent to an activating group) is 1. The second kappa shape index (κ2) is 8.10. The standard InChI is InChI=1S/C15H23N3O3S.ClH/c1-11(2)17-22(20,21)14-6-4-12(5-7-14)15(19)18(3)13-8-9-16-10-13;/h4-7,11,13,16-17H,8-10H2,1-3H3;1H. The molecule has 1 heterocycles. The van der Waals surface area contributed by atoms with Gasteiger partial charge in [0, 0.05) is 31.2 Å². The van der Waals surface area contributed by atoms with Crippen LogP contribution in [0.4, 0.5) is 0 Å². The zero-order valence-electron chi connectivity index (χ0n) is 13.6. The van der Waals surface area contributed by atoms with Crippen LogP contribution in [-0.4, -0.2) is 51.4 Å². The van der Waals surface area contributed by atoms with Gasteiger partial charge in [-0.25, -0.2) is 13.1 Å². The first-order valence-electron chi connectivity index (χ1n) is 7.41.